The molecule has 6 nitrogen and oxygen atoms in total. The number of imidazole rings is 1. The molecule has 0 atom stereocenters. The molecule has 0 aliphatic carbocycles. The highest BCUT2D eigenvalue weighted by atomic mass is 79.9. The number of ether oxygens (including phenoxy) is 1. The van der Waals surface area contributed by atoms with Gasteiger partial charge >= 0.3 is 0 Å². The van der Waals surface area contributed by atoms with E-state index in [-0.39, 0.29) is 0 Å². The zero-order valence-electron chi connectivity index (χ0n) is 11.9. The van der Waals surface area contributed by atoms with Gasteiger partial charge in [0.25, 0.3) is 0 Å². The molecule has 0 radical (unpaired) electrons. The Morgan fingerprint density at radius 1 is 1.40 bits per heavy atom. The van der Waals surface area contributed by atoms with Crippen molar-refractivity contribution in [1.29, 1.82) is 0 Å². The van der Waals surface area contributed by atoms with Gasteiger partial charge in [0.2, 0.25) is 0 Å². The second kappa shape index (κ2) is 6.81. The zero-order valence-corrected chi connectivity index (χ0v) is 13.4. The van der Waals surface area contributed by atoms with E-state index in [1.165, 1.54) is 0 Å². The van der Waals surface area contributed by atoms with Crippen molar-refractivity contribution >= 4 is 21.7 Å². The molecule has 0 saturated heterocycles. The Kier molecular flexibility index (Phi) is 5.08. The van der Waals surface area contributed by atoms with Gasteiger partial charge in [-0.2, -0.15) is 0 Å². The number of nitrogens with one attached hydrogen (secondary N) is 1. The Balaban J connectivity index is 2.46. The Labute approximate surface area is 126 Å². The van der Waals surface area contributed by atoms with Crippen LogP contribution in [0.2, 0.25) is 0 Å². The van der Waals surface area contributed by atoms with Crippen LogP contribution >= 0.6 is 15.9 Å². The van der Waals surface area contributed by atoms with Crippen LogP contribution in [0.4, 0.5) is 5.82 Å². The normalized spacial score (nSPS) is 10.8. The summed E-state index contributed by atoms with van der Waals surface area (Å²) in [7, 11) is 3.57. The molecule has 20 heavy (non-hydrogen) atoms. The second-order valence-corrected chi connectivity index (χ2v) is 5.17. The number of methoxy groups -OCH3 is 1. The fourth-order valence-electron chi connectivity index (χ4n) is 1.77. The lowest BCUT2D eigenvalue weighted by Gasteiger charge is -2.12. The van der Waals surface area contributed by atoms with Crippen LogP contribution in [0.15, 0.2) is 16.9 Å². The molecule has 2 aromatic heterocycles. The average Bonchev–Trinajstić information content (AvgIpc) is 2.86. The second-order valence-electron chi connectivity index (χ2n) is 4.38. The summed E-state index contributed by atoms with van der Waals surface area (Å²) in [4.78, 5) is 13.4. The first-order valence-corrected chi connectivity index (χ1v) is 7.23. The van der Waals surface area contributed by atoms with Crippen molar-refractivity contribution in [2.45, 2.75) is 20.0 Å². The average molecular weight is 340 g/mol. The van der Waals surface area contributed by atoms with E-state index < -0.39 is 0 Å². The topological polar surface area (TPSA) is 64.9 Å². The standard InChI is InChI=1S/C13H18BrN5O/c1-4-5-15-11-10(14)9(8-20-3)17-12(18-11)13-16-6-7-19(13)2/h6-7H,4-5,8H2,1-3H3,(H,15,17,18). The largest absolute Gasteiger partial charge is 0.378 e. The van der Waals surface area contributed by atoms with E-state index in [1.54, 1.807) is 13.3 Å². The van der Waals surface area contributed by atoms with Gasteiger partial charge in [-0.05, 0) is 22.4 Å². The maximum atomic E-state index is 5.20. The van der Waals surface area contributed by atoms with E-state index in [0.29, 0.717) is 12.4 Å². The lowest BCUT2D eigenvalue weighted by Crippen LogP contribution is -2.09. The molecule has 0 aliphatic heterocycles. The number of nitrogens with zero attached hydrogens (tertiary/aromatic N) is 4. The number of halogens is 1. The predicted octanol–water partition coefficient (Wildman–Crippen LogP) is 2.61. The van der Waals surface area contributed by atoms with Gasteiger partial charge in [-0.25, -0.2) is 15.0 Å². The molecule has 2 aromatic rings. The van der Waals surface area contributed by atoms with Crippen LogP contribution in [0.3, 0.4) is 0 Å². The molecule has 0 amide bonds. The smallest absolute Gasteiger partial charge is 0.198 e. The molecule has 7 heteroatoms. The maximum absolute atomic E-state index is 5.20. The van der Waals surface area contributed by atoms with Crippen LogP contribution < -0.4 is 5.32 Å². The van der Waals surface area contributed by atoms with E-state index in [9.17, 15) is 0 Å². The molecule has 0 bridgehead atoms. The summed E-state index contributed by atoms with van der Waals surface area (Å²) in [6, 6.07) is 0. The van der Waals surface area contributed by atoms with Gasteiger partial charge in [0.05, 0.1) is 16.8 Å². The quantitative estimate of drug-likeness (QED) is 0.876. The van der Waals surface area contributed by atoms with Crippen molar-refractivity contribution < 1.29 is 4.74 Å². The third-order valence-corrected chi connectivity index (χ3v) is 3.60. The Hall–Kier alpha value is -1.47. The maximum Gasteiger partial charge on any atom is 0.198 e. The first-order valence-electron chi connectivity index (χ1n) is 6.44. The first kappa shape index (κ1) is 14.9. The summed E-state index contributed by atoms with van der Waals surface area (Å²) in [6.07, 6.45) is 4.62. The first-order chi connectivity index (χ1) is 9.67. The molecule has 0 spiro atoms. The van der Waals surface area contributed by atoms with E-state index >= 15 is 0 Å². The Bertz CT molecular complexity index is 584. The van der Waals surface area contributed by atoms with E-state index in [2.05, 4.69) is 43.1 Å². The minimum atomic E-state index is 0.418. The molecule has 0 saturated carbocycles. The Morgan fingerprint density at radius 3 is 2.80 bits per heavy atom. The summed E-state index contributed by atoms with van der Waals surface area (Å²) in [6.45, 7) is 3.38. The van der Waals surface area contributed by atoms with Gasteiger partial charge in [0, 0.05) is 33.1 Å². The number of aromatic nitrogens is 4. The molecule has 0 aliphatic rings. The van der Waals surface area contributed by atoms with Crippen molar-refractivity contribution in [2.75, 3.05) is 19.0 Å². The van der Waals surface area contributed by atoms with Crippen molar-refractivity contribution in [3.63, 3.8) is 0 Å². The molecule has 2 heterocycles. The van der Waals surface area contributed by atoms with E-state index in [1.807, 2.05) is 17.8 Å². The molecule has 0 unspecified atom stereocenters. The minimum Gasteiger partial charge on any atom is -0.378 e. The number of aryl methyl sites for hydroxylation is 1. The molecule has 0 fully saturated rings. The number of hydrogen-bond acceptors (Lipinski definition) is 5. The Morgan fingerprint density at radius 2 is 2.20 bits per heavy atom. The lowest BCUT2D eigenvalue weighted by atomic mass is 10.3. The molecular weight excluding hydrogens is 322 g/mol. The monoisotopic (exact) mass is 339 g/mol. The van der Waals surface area contributed by atoms with Gasteiger partial charge in [-0.1, -0.05) is 6.92 Å². The summed E-state index contributed by atoms with van der Waals surface area (Å²) in [5.74, 6) is 2.09. The fraction of sp³-hybridized carbons (Fsp3) is 0.462. The van der Waals surface area contributed by atoms with E-state index in [4.69, 9.17) is 4.74 Å². The third kappa shape index (κ3) is 3.16. The van der Waals surface area contributed by atoms with Crippen LogP contribution in [0.25, 0.3) is 11.6 Å². The van der Waals surface area contributed by atoms with Crippen LogP contribution in [-0.4, -0.2) is 33.2 Å². The SMILES string of the molecule is CCCNc1nc(-c2nccn2C)nc(COC)c1Br. The van der Waals surface area contributed by atoms with Gasteiger partial charge < -0.3 is 14.6 Å². The van der Waals surface area contributed by atoms with Gasteiger partial charge in [-0.15, -0.1) is 0 Å². The summed E-state index contributed by atoms with van der Waals surface area (Å²) >= 11 is 3.53. The molecule has 0 aromatic carbocycles. The van der Waals surface area contributed by atoms with E-state index in [0.717, 1.165) is 34.8 Å². The predicted molar refractivity (Wildman–Crippen MR) is 81.4 cm³/mol. The fourth-order valence-corrected chi connectivity index (χ4v) is 2.20. The molecule has 108 valence electrons. The highest BCUT2D eigenvalue weighted by molar-refractivity contribution is 9.10. The van der Waals surface area contributed by atoms with Crippen molar-refractivity contribution in [2.24, 2.45) is 7.05 Å². The summed E-state index contributed by atoms with van der Waals surface area (Å²) < 4.78 is 7.93. The lowest BCUT2D eigenvalue weighted by molar-refractivity contribution is 0.181. The highest BCUT2D eigenvalue weighted by Crippen LogP contribution is 2.27. The number of rotatable bonds is 6. The van der Waals surface area contributed by atoms with Crippen molar-refractivity contribution in [1.82, 2.24) is 19.5 Å². The van der Waals surface area contributed by atoms with Crippen LogP contribution in [0.5, 0.6) is 0 Å². The molecular formula is C13H18BrN5O. The van der Waals surface area contributed by atoms with Crippen molar-refractivity contribution in [3.05, 3.63) is 22.6 Å². The minimum absolute atomic E-state index is 0.418. The summed E-state index contributed by atoms with van der Waals surface area (Å²) in [5.41, 5.74) is 0.805. The summed E-state index contributed by atoms with van der Waals surface area (Å²) in [5, 5.41) is 3.29. The molecule has 1 N–H and O–H groups in total. The number of hydrogen-bond donors (Lipinski definition) is 1. The van der Waals surface area contributed by atoms with Crippen LogP contribution in [-0.2, 0) is 18.4 Å². The van der Waals surface area contributed by atoms with Gasteiger partial charge in [0.15, 0.2) is 11.6 Å². The molecule has 2 rings (SSSR count). The van der Waals surface area contributed by atoms with Crippen molar-refractivity contribution in [3.8, 4) is 11.6 Å². The highest BCUT2D eigenvalue weighted by Gasteiger charge is 2.15. The van der Waals surface area contributed by atoms with Crippen LogP contribution in [0, 0.1) is 0 Å². The zero-order chi connectivity index (χ0) is 14.5. The third-order valence-electron chi connectivity index (χ3n) is 2.76. The number of anilines is 1. The van der Waals surface area contributed by atoms with Gasteiger partial charge in [0.1, 0.15) is 5.82 Å². The van der Waals surface area contributed by atoms with Gasteiger partial charge in [-0.3, -0.25) is 0 Å². The van der Waals surface area contributed by atoms with Crippen LogP contribution in [0.1, 0.15) is 19.0 Å².